The van der Waals surface area contributed by atoms with Crippen molar-refractivity contribution in [3.8, 4) is 11.4 Å². The van der Waals surface area contributed by atoms with Crippen LogP contribution < -0.4 is 5.32 Å². The fourth-order valence-electron chi connectivity index (χ4n) is 1.98. The van der Waals surface area contributed by atoms with Gasteiger partial charge in [-0.1, -0.05) is 25.4 Å². The summed E-state index contributed by atoms with van der Waals surface area (Å²) in [6.07, 6.45) is 0.537. The van der Waals surface area contributed by atoms with Crippen molar-refractivity contribution in [3.63, 3.8) is 0 Å². The van der Waals surface area contributed by atoms with Gasteiger partial charge in [0.15, 0.2) is 6.04 Å². The predicted molar refractivity (Wildman–Crippen MR) is 86.9 cm³/mol. The molecule has 23 heavy (non-hydrogen) atoms. The monoisotopic (exact) mass is 337 g/mol. The number of hydrogen-bond donors (Lipinski definition) is 2. The van der Waals surface area contributed by atoms with Gasteiger partial charge in [0.05, 0.1) is 0 Å². The van der Waals surface area contributed by atoms with Gasteiger partial charge in [0, 0.05) is 23.7 Å². The molecule has 2 unspecified atom stereocenters. The van der Waals surface area contributed by atoms with E-state index in [1.165, 1.54) is 4.80 Å². The number of aliphatic hydroxyl groups is 1. The third kappa shape index (κ3) is 4.49. The van der Waals surface area contributed by atoms with Crippen LogP contribution in [-0.4, -0.2) is 44.4 Å². The Kier molecular flexibility index (Phi) is 6.06. The summed E-state index contributed by atoms with van der Waals surface area (Å²) in [5, 5.41) is 24.7. The van der Waals surface area contributed by atoms with Gasteiger partial charge in [0.2, 0.25) is 11.7 Å². The van der Waals surface area contributed by atoms with Crippen LogP contribution in [0.15, 0.2) is 24.3 Å². The van der Waals surface area contributed by atoms with Gasteiger partial charge < -0.3 is 10.4 Å². The first kappa shape index (κ1) is 17.4. The number of hydrogen-bond acceptors (Lipinski definition) is 5. The van der Waals surface area contributed by atoms with Gasteiger partial charge >= 0.3 is 0 Å². The summed E-state index contributed by atoms with van der Waals surface area (Å²) in [4.78, 5) is 13.6. The van der Waals surface area contributed by atoms with Gasteiger partial charge in [-0.2, -0.15) is 4.80 Å². The molecule has 8 heteroatoms. The zero-order valence-electron chi connectivity index (χ0n) is 13.1. The van der Waals surface area contributed by atoms with Crippen molar-refractivity contribution in [1.29, 1.82) is 0 Å². The maximum absolute atomic E-state index is 12.2. The Morgan fingerprint density at radius 2 is 2.09 bits per heavy atom. The number of carbonyl (C=O) groups is 1. The maximum Gasteiger partial charge on any atom is 0.246 e. The van der Waals surface area contributed by atoms with Crippen molar-refractivity contribution >= 4 is 17.5 Å². The van der Waals surface area contributed by atoms with Gasteiger partial charge in [-0.25, -0.2) is 0 Å². The summed E-state index contributed by atoms with van der Waals surface area (Å²) in [6, 6.07) is 6.56. The number of benzene rings is 1. The lowest BCUT2D eigenvalue weighted by Crippen LogP contribution is -2.36. The highest BCUT2D eigenvalue weighted by molar-refractivity contribution is 6.30. The Morgan fingerprint density at radius 3 is 2.70 bits per heavy atom. The molecule has 1 heterocycles. The van der Waals surface area contributed by atoms with Crippen molar-refractivity contribution < 1.29 is 9.90 Å². The fourth-order valence-corrected chi connectivity index (χ4v) is 2.11. The molecule has 1 amide bonds. The molecule has 124 valence electrons. The lowest BCUT2D eigenvalue weighted by molar-refractivity contribution is -0.125. The van der Waals surface area contributed by atoms with E-state index in [0.29, 0.717) is 23.8 Å². The minimum absolute atomic E-state index is 0.00444. The number of aromatic nitrogens is 4. The van der Waals surface area contributed by atoms with E-state index in [2.05, 4.69) is 20.7 Å². The molecule has 7 nitrogen and oxygen atoms in total. The number of halogens is 1. The Labute approximate surface area is 139 Å². The summed E-state index contributed by atoms with van der Waals surface area (Å²) in [6.45, 7) is 4.17. The highest BCUT2D eigenvalue weighted by Gasteiger charge is 2.22. The number of tetrazole rings is 1. The second-order valence-electron chi connectivity index (χ2n) is 5.40. The predicted octanol–water partition coefficient (Wildman–Crippen LogP) is 1.69. The Bertz CT molecular complexity index is 644. The third-order valence-corrected chi connectivity index (χ3v) is 3.69. The summed E-state index contributed by atoms with van der Waals surface area (Å²) < 4.78 is 0. The molecule has 0 saturated carbocycles. The van der Waals surface area contributed by atoms with Crippen LogP contribution in [0, 0.1) is 5.92 Å². The minimum Gasteiger partial charge on any atom is -0.396 e. The molecule has 0 aliphatic rings. The molecular formula is C15H20ClN5O2. The summed E-state index contributed by atoms with van der Waals surface area (Å²) in [7, 11) is 0. The molecule has 0 saturated heterocycles. The first-order valence-corrected chi connectivity index (χ1v) is 7.87. The molecular weight excluding hydrogens is 318 g/mol. The van der Waals surface area contributed by atoms with E-state index < -0.39 is 6.04 Å². The van der Waals surface area contributed by atoms with E-state index in [4.69, 9.17) is 16.7 Å². The van der Waals surface area contributed by atoms with Crippen molar-refractivity contribution in [2.24, 2.45) is 5.92 Å². The van der Waals surface area contributed by atoms with Crippen LogP contribution in [0.25, 0.3) is 11.4 Å². The Hall–Kier alpha value is -1.99. The second kappa shape index (κ2) is 8.03. The minimum atomic E-state index is -0.533. The molecule has 0 bridgehead atoms. The first-order valence-electron chi connectivity index (χ1n) is 7.49. The molecule has 1 aromatic heterocycles. The fraction of sp³-hybridized carbons (Fsp3) is 0.467. The smallest absolute Gasteiger partial charge is 0.246 e. The van der Waals surface area contributed by atoms with E-state index in [1.54, 1.807) is 24.3 Å². The molecule has 2 aromatic rings. The largest absolute Gasteiger partial charge is 0.396 e. The van der Waals surface area contributed by atoms with Crippen LogP contribution in [0.1, 0.15) is 26.3 Å². The molecule has 0 aliphatic carbocycles. The number of rotatable bonds is 7. The van der Waals surface area contributed by atoms with Crippen molar-refractivity contribution in [2.75, 3.05) is 13.2 Å². The van der Waals surface area contributed by atoms with Crippen LogP contribution >= 0.6 is 11.6 Å². The van der Waals surface area contributed by atoms with Gasteiger partial charge in [0.25, 0.3) is 0 Å². The highest BCUT2D eigenvalue weighted by Crippen LogP contribution is 2.18. The SMILES string of the molecule is CCC(C(=O)NCC(C)CO)n1nnc(-c2ccc(Cl)cc2)n1. The van der Waals surface area contributed by atoms with E-state index in [0.717, 1.165) is 5.56 Å². The first-order chi connectivity index (χ1) is 11.0. The van der Waals surface area contributed by atoms with Crippen molar-refractivity contribution in [1.82, 2.24) is 25.5 Å². The quantitative estimate of drug-likeness (QED) is 0.802. The third-order valence-electron chi connectivity index (χ3n) is 3.44. The standard InChI is InChI=1S/C15H20ClN5O2/c1-3-13(15(23)17-8-10(2)9-22)21-19-14(18-20-21)11-4-6-12(16)7-5-11/h4-7,10,13,22H,3,8-9H2,1-2H3,(H,17,23). The normalized spacial score (nSPS) is 13.6. The van der Waals surface area contributed by atoms with E-state index in [1.807, 2.05) is 13.8 Å². The Morgan fingerprint density at radius 1 is 1.39 bits per heavy atom. The van der Waals surface area contributed by atoms with E-state index >= 15 is 0 Å². The van der Waals surface area contributed by atoms with Crippen LogP contribution in [0.4, 0.5) is 0 Å². The molecule has 2 rings (SSSR count). The van der Waals surface area contributed by atoms with Crippen LogP contribution in [-0.2, 0) is 4.79 Å². The van der Waals surface area contributed by atoms with Crippen LogP contribution in [0.3, 0.4) is 0 Å². The van der Waals surface area contributed by atoms with Crippen LogP contribution in [0.5, 0.6) is 0 Å². The van der Waals surface area contributed by atoms with Gasteiger partial charge in [-0.3, -0.25) is 4.79 Å². The maximum atomic E-state index is 12.2. The average Bonchev–Trinajstić information content (AvgIpc) is 3.03. The van der Waals surface area contributed by atoms with E-state index in [-0.39, 0.29) is 18.4 Å². The molecule has 0 radical (unpaired) electrons. The molecule has 1 aromatic carbocycles. The van der Waals surface area contributed by atoms with Gasteiger partial charge in [0.1, 0.15) is 0 Å². The van der Waals surface area contributed by atoms with Gasteiger partial charge in [-0.05, 0) is 41.8 Å². The molecule has 0 fully saturated rings. The van der Waals surface area contributed by atoms with Crippen molar-refractivity contribution in [3.05, 3.63) is 29.3 Å². The van der Waals surface area contributed by atoms with E-state index in [9.17, 15) is 4.79 Å². The lowest BCUT2D eigenvalue weighted by atomic mass is 10.2. The topological polar surface area (TPSA) is 92.9 Å². The molecule has 2 N–H and O–H groups in total. The number of aliphatic hydroxyl groups excluding tert-OH is 1. The second-order valence-corrected chi connectivity index (χ2v) is 5.83. The number of amides is 1. The average molecular weight is 338 g/mol. The molecule has 0 aliphatic heterocycles. The summed E-state index contributed by atoms with van der Waals surface area (Å²) in [5.41, 5.74) is 0.782. The zero-order valence-corrected chi connectivity index (χ0v) is 13.9. The highest BCUT2D eigenvalue weighted by atomic mass is 35.5. The number of carbonyl (C=O) groups excluding carboxylic acids is 1. The molecule has 0 spiro atoms. The Balaban J connectivity index is 2.10. The van der Waals surface area contributed by atoms with Crippen LogP contribution in [0.2, 0.25) is 5.02 Å². The van der Waals surface area contributed by atoms with Crippen molar-refractivity contribution in [2.45, 2.75) is 26.3 Å². The summed E-state index contributed by atoms with van der Waals surface area (Å²) >= 11 is 5.86. The van der Waals surface area contributed by atoms with Gasteiger partial charge in [-0.15, -0.1) is 10.2 Å². The number of nitrogens with zero attached hydrogens (tertiary/aromatic N) is 4. The zero-order chi connectivity index (χ0) is 16.8. The summed E-state index contributed by atoms with van der Waals surface area (Å²) in [5.74, 6) is 0.259. The molecule has 2 atom stereocenters. The number of nitrogens with one attached hydrogen (secondary N) is 1. The lowest BCUT2D eigenvalue weighted by Gasteiger charge is -2.15.